The third-order valence-corrected chi connectivity index (χ3v) is 5.71. The minimum Gasteiger partial charge on any atom is -0.508 e. The first-order valence-corrected chi connectivity index (χ1v) is 9.99. The number of phenolic OH excluding ortho intramolecular Hbond substituents is 1. The maximum Gasteiger partial charge on any atom is 0.332 e. The van der Waals surface area contributed by atoms with Gasteiger partial charge in [-0.3, -0.25) is 22.9 Å². The Kier molecular flexibility index (Phi) is 4.11. The lowest BCUT2D eigenvalue weighted by molar-refractivity contribution is 0.475. The average Bonchev–Trinajstić information content (AvgIpc) is 3.32. The van der Waals surface area contributed by atoms with E-state index in [2.05, 4.69) is 24.0 Å². The topological polar surface area (TPSA) is 86.5 Å². The van der Waals surface area contributed by atoms with Gasteiger partial charge in [0.15, 0.2) is 11.2 Å². The Balaban J connectivity index is 1.93. The van der Waals surface area contributed by atoms with Crippen LogP contribution >= 0.6 is 0 Å². The fourth-order valence-electron chi connectivity index (χ4n) is 3.97. The highest BCUT2D eigenvalue weighted by Crippen LogP contribution is 2.30. The van der Waals surface area contributed by atoms with Gasteiger partial charge in [-0.2, -0.15) is 4.98 Å². The second-order valence-corrected chi connectivity index (χ2v) is 7.58. The molecule has 31 heavy (non-hydrogen) atoms. The van der Waals surface area contributed by atoms with Crippen LogP contribution in [0.1, 0.15) is 12.5 Å². The van der Waals surface area contributed by atoms with Crippen LogP contribution in [0.2, 0.25) is 0 Å². The van der Waals surface area contributed by atoms with Gasteiger partial charge in [0.2, 0.25) is 5.78 Å². The summed E-state index contributed by atoms with van der Waals surface area (Å²) < 4.78 is 6.04. The number of fused-ring (bicyclic) bond motifs is 3. The van der Waals surface area contributed by atoms with E-state index in [1.54, 1.807) is 29.6 Å². The molecular formula is C23H21N5O3. The lowest BCUT2D eigenvalue weighted by Gasteiger charge is -2.10. The second kappa shape index (κ2) is 6.73. The van der Waals surface area contributed by atoms with Crippen molar-refractivity contribution in [3.05, 3.63) is 81.1 Å². The Morgan fingerprint density at radius 1 is 1.00 bits per heavy atom. The van der Waals surface area contributed by atoms with Gasteiger partial charge in [0, 0.05) is 31.9 Å². The first-order chi connectivity index (χ1) is 14.9. The van der Waals surface area contributed by atoms with Crippen molar-refractivity contribution < 1.29 is 5.11 Å². The molecule has 3 aromatic heterocycles. The van der Waals surface area contributed by atoms with E-state index in [1.807, 2.05) is 29.0 Å². The molecule has 0 bridgehead atoms. The van der Waals surface area contributed by atoms with Crippen LogP contribution in [0.15, 0.2) is 64.3 Å². The summed E-state index contributed by atoms with van der Waals surface area (Å²) in [4.78, 5) is 30.0. The standard InChI is InChI=1S/C23H21N5O3/c1-4-14-8-10-15(11-9-14)18-13-27-19-20(25(2)23(31)26(3)21(19)30)24-22(27)28(18)16-6-5-7-17(29)12-16/h5-13,29H,4H2,1-3H3. The predicted molar refractivity (Wildman–Crippen MR) is 119 cm³/mol. The number of benzene rings is 2. The van der Waals surface area contributed by atoms with Crippen LogP contribution in [0.5, 0.6) is 5.75 Å². The van der Waals surface area contributed by atoms with Crippen LogP contribution in [-0.4, -0.2) is 28.2 Å². The van der Waals surface area contributed by atoms with E-state index in [1.165, 1.54) is 17.2 Å². The normalized spacial score (nSPS) is 11.6. The van der Waals surface area contributed by atoms with Crippen molar-refractivity contribution in [2.24, 2.45) is 14.1 Å². The molecule has 0 unspecified atom stereocenters. The molecule has 8 heteroatoms. The third kappa shape index (κ3) is 2.72. The Morgan fingerprint density at radius 2 is 1.74 bits per heavy atom. The van der Waals surface area contributed by atoms with Gasteiger partial charge in [-0.15, -0.1) is 0 Å². The summed E-state index contributed by atoms with van der Waals surface area (Å²) in [7, 11) is 3.06. The molecule has 5 rings (SSSR count). The molecule has 0 aliphatic rings. The molecule has 0 atom stereocenters. The maximum atomic E-state index is 12.9. The molecular weight excluding hydrogens is 394 g/mol. The van der Waals surface area contributed by atoms with Gasteiger partial charge in [0.25, 0.3) is 5.56 Å². The monoisotopic (exact) mass is 415 g/mol. The van der Waals surface area contributed by atoms with Gasteiger partial charge in [0.1, 0.15) is 5.75 Å². The van der Waals surface area contributed by atoms with Crippen molar-refractivity contribution in [1.82, 2.24) is 23.1 Å². The number of hydrogen-bond donors (Lipinski definition) is 1. The minimum absolute atomic E-state index is 0.121. The van der Waals surface area contributed by atoms with Gasteiger partial charge in [-0.05, 0) is 24.1 Å². The van der Waals surface area contributed by atoms with E-state index < -0.39 is 11.2 Å². The quantitative estimate of drug-likeness (QED) is 0.491. The van der Waals surface area contributed by atoms with Crippen LogP contribution in [0.4, 0.5) is 0 Å². The molecule has 0 radical (unpaired) electrons. The second-order valence-electron chi connectivity index (χ2n) is 7.58. The number of aryl methyl sites for hydroxylation is 2. The summed E-state index contributed by atoms with van der Waals surface area (Å²) in [5.74, 6) is 0.601. The summed E-state index contributed by atoms with van der Waals surface area (Å²) in [6, 6.07) is 15.0. The SMILES string of the molecule is CCc1ccc(-c2cn3c4c(=O)n(C)c(=O)n(C)c4nc3n2-c2cccc(O)c2)cc1. The number of phenols is 1. The molecule has 0 aliphatic heterocycles. The van der Waals surface area contributed by atoms with Gasteiger partial charge >= 0.3 is 5.69 Å². The van der Waals surface area contributed by atoms with E-state index in [0.717, 1.165) is 22.2 Å². The predicted octanol–water partition coefficient (Wildman–Crippen LogP) is 2.61. The largest absolute Gasteiger partial charge is 0.508 e. The van der Waals surface area contributed by atoms with E-state index in [-0.39, 0.29) is 5.75 Å². The summed E-state index contributed by atoms with van der Waals surface area (Å²) in [6.45, 7) is 2.10. The van der Waals surface area contributed by atoms with E-state index >= 15 is 0 Å². The first-order valence-electron chi connectivity index (χ1n) is 9.99. The molecule has 0 saturated heterocycles. The highest BCUT2D eigenvalue weighted by molar-refractivity contribution is 5.79. The molecule has 0 aliphatic carbocycles. The Hall–Kier alpha value is -4.07. The highest BCUT2D eigenvalue weighted by atomic mass is 16.3. The van der Waals surface area contributed by atoms with Crippen LogP contribution < -0.4 is 11.2 Å². The molecule has 2 aromatic carbocycles. The molecule has 0 saturated carbocycles. The average molecular weight is 415 g/mol. The number of aromatic hydroxyl groups is 1. The Morgan fingerprint density at radius 3 is 2.42 bits per heavy atom. The Bertz CT molecular complexity index is 1580. The zero-order valence-corrected chi connectivity index (χ0v) is 17.4. The molecule has 156 valence electrons. The van der Waals surface area contributed by atoms with E-state index in [0.29, 0.717) is 22.6 Å². The van der Waals surface area contributed by atoms with Crippen molar-refractivity contribution in [2.75, 3.05) is 0 Å². The van der Waals surface area contributed by atoms with Crippen molar-refractivity contribution in [2.45, 2.75) is 13.3 Å². The van der Waals surface area contributed by atoms with Crippen LogP contribution in [-0.2, 0) is 20.5 Å². The summed E-state index contributed by atoms with van der Waals surface area (Å²) >= 11 is 0. The van der Waals surface area contributed by atoms with E-state index in [4.69, 9.17) is 0 Å². The molecule has 0 fully saturated rings. The van der Waals surface area contributed by atoms with Gasteiger partial charge in [-0.25, -0.2) is 4.79 Å². The molecule has 3 heterocycles. The number of hydrogen-bond acceptors (Lipinski definition) is 4. The van der Waals surface area contributed by atoms with Crippen LogP contribution in [0.3, 0.4) is 0 Å². The van der Waals surface area contributed by atoms with Gasteiger partial charge < -0.3 is 5.11 Å². The zero-order chi connectivity index (χ0) is 21.9. The molecule has 0 amide bonds. The molecule has 8 nitrogen and oxygen atoms in total. The Labute approximate surface area is 176 Å². The van der Waals surface area contributed by atoms with Gasteiger partial charge in [-0.1, -0.05) is 37.3 Å². The lowest BCUT2D eigenvalue weighted by Crippen LogP contribution is -2.37. The van der Waals surface area contributed by atoms with E-state index in [9.17, 15) is 14.7 Å². The van der Waals surface area contributed by atoms with Crippen molar-refractivity contribution in [3.63, 3.8) is 0 Å². The molecule has 0 spiro atoms. The zero-order valence-electron chi connectivity index (χ0n) is 17.4. The fourth-order valence-corrected chi connectivity index (χ4v) is 3.97. The van der Waals surface area contributed by atoms with Crippen LogP contribution in [0.25, 0.3) is 33.9 Å². The third-order valence-electron chi connectivity index (χ3n) is 5.71. The number of nitrogens with zero attached hydrogens (tertiary/aromatic N) is 5. The van der Waals surface area contributed by atoms with Crippen molar-refractivity contribution in [1.29, 1.82) is 0 Å². The number of rotatable bonds is 3. The lowest BCUT2D eigenvalue weighted by atomic mass is 10.1. The van der Waals surface area contributed by atoms with Gasteiger partial charge in [0.05, 0.1) is 11.4 Å². The number of aromatic nitrogens is 5. The highest BCUT2D eigenvalue weighted by Gasteiger charge is 2.21. The molecule has 1 N–H and O–H groups in total. The van der Waals surface area contributed by atoms with Crippen LogP contribution in [0, 0.1) is 0 Å². The smallest absolute Gasteiger partial charge is 0.332 e. The summed E-state index contributed by atoms with van der Waals surface area (Å²) in [5.41, 5.74) is 3.47. The molecule has 5 aromatic rings. The number of imidazole rings is 2. The fraction of sp³-hybridized carbons (Fsp3) is 0.174. The summed E-state index contributed by atoms with van der Waals surface area (Å²) in [5, 5.41) is 10.1. The first kappa shape index (κ1) is 18.9. The van der Waals surface area contributed by atoms with Crippen molar-refractivity contribution in [3.8, 4) is 22.7 Å². The maximum absolute atomic E-state index is 12.9. The minimum atomic E-state index is -0.433. The summed E-state index contributed by atoms with van der Waals surface area (Å²) in [6.07, 6.45) is 2.79. The van der Waals surface area contributed by atoms with Crippen molar-refractivity contribution >= 4 is 16.9 Å².